The first kappa shape index (κ1) is 19.2. The van der Waals surface area contributed by atoms with Crippen LogP contribution in [0.15, 0.2) is 40.1 Å². The number of nitrogens with zero attached hydrogens (tertiary/aromatic N) is 5. The molecule has 0 saturated carbocycles. The summed E-state index contributed by atoms with van der Waals surface area (Å²) in [5.41, 5.74) is 0.995. The summed E-state index contributed by atoms with van der Waals surface area (Å²) in [6.07, 6.45) is 3.45. The number of aliphatic imine (C=N–C) groups is 1. The first-order valence-electron chi connectivity index (χ1n) is 9.45. The molecule has 0 amide bonds. The number of pyridine rings is 1. The molecule has 0 spiro atoms. The van der Waals surface area contributed by atoms with E-state index in [1.54, 1.807) is 12.4 Å². The monoisotopic (exact) mass is 372 g/mol. The standard InChI is InChI=1S/C19H28N6O2/c1-3-21-19(22-7-12-26-18-5-4-6-20-14-18)25-10-8-24(9-11-25)15-17-13-16(2)27-23-17/h4-6,13-14H,3,7-12,15H2,1-2H3,(H,21,22). The minimum atomic E-state index is 0.534. The summed E-state index contributed by atoms with van der Waals surface area (Å²) in [6.45, 7) is 10.7. The molecule has 0 unspecified atom stereocenters. The third kappa shape index (κ3) is 5.96. The second kappa shape index (κ2) is 9.91. The summed E-state index contributed by atoms with van der Waals surface area (Å²) in [7, 11) is 0. The fraction of sp³-hybridized carbons (Fsp3) is 0.526. The smallest absolute Gasteiger partial charge is 0.194 e. The molecule has 1 saturated heterocycles. The van der Waals surface area contributed by atoms with Crippen LogP contribution in [-0.4, -0.2) is 71.8 Å². The van der Waals surface area contributed by atoms with Gasteiger partial charge in [0.05, 0.1) is 18.4 Å². The van der Waals surface area contributed by atoms with Crippen LogP contribution in [-0.2, 0) is 6.54 Å². The van der Waals surface area contributed by atoms with Crippen molar-refractivity contribution in [1.82, 2.24) is 25.3 Å². The number of nitrogens with one attached hydrogen (secondary N) is 1. The molecular formula is C19H28N6O2. The van der Waals surface area contributed by atoms with E-state index >= 15 is 0 Å². The van der Waals surface area contributed by atoms with E-state index in [2.05, 4.69) is 32.2 Å². The lowest BCUT2D eigenvalue weighted by Crippen LogP contribution is -2.52. The van der Waals surface area contributed by atoms with Crippen molar-refractivity contribution in [1.29, 1.82) is 0 Å². The Morgan fingerprint density at radius 2 is 2.19 bits per heavy atom. The number of hydrogen-bond acceptors (Lipinski definition) is 6. The van der Waals surface area contributed by atoms with Crippen LogP contribution in [0.2, 0.25) is 0 Å². The van der Waals surface area contributed by atoms with Crippen LogP contribution in [0.5, 0.6) is 5.75 Å². The lowest BCUT2D eigenvalue weighted by Gasteiger charge is -2.36. The molecule has 0 aromatic carbocycles. The predicted molar refractivity (Wildman–Crippen MR) is 104 cm³/mol. The van der Waals surface area contributed by atoms with Crippen molar-refractivity contribution in [3.8, 4) is 5.75 Å². The molecule has 146 valence electrons. The molecule has 1 fully saturated rings. The van der Waals surface area contributed by atoms with Gasteiger partial charge < -0.3 is 19.5 Å². The molecule has 27 heavy (non-hydrogen) atoms. The van der Waals surface area contributed by atoms with Crippen molar-refractivity contribution in [3.05, 3.63) is 42.0 Å². The third-order valence-corrected chi connectivity index (χ3v) is 4.33. The molecule has 1 aliphatic heterocycles. The van der Waals surface area contributed by atoms with E-state index in [1.807, 2.05) is 25.1 Å². The molecule has 8 nitrogen and oxygen atoms in total. The number of hydrogen-bond donors (Lipinski definition) is 1. The van der Waals surface area contributed by atoms with Crippen LogP contribution in [0.4, 0.5) is 0 Å². The summed E-state index contributed by atoms with van der Waals surface area (Å²) in [6, 6.07) is 5.76. The van der Waals surface area contributed by atoms with Gasteiger partial charge in [0.25, 0.3) is 0 Å². The first-order valence-corrected chi connectivity index (χ1v) is 9.45. The highest BCUT2D eigenvalue weighted by molar-refractivity contribution is 5.80. The zero-order valence-corrected chi connectivity index (χ0v) is 16.1. The topological polar surface area (TPSA) is 79.0 Å². The molecular weight excluding hydrogens is 344 g/mol. The molecule has 1 N–H and O–H groups in total. The Hall–Kier alpha value is -2.61. The normalized spacial score (nSPS) is 15.8. The van der Waals surface area contributed by atoms with Crippen LogP contribution in [0.3, 0.4) is 0 Å². The van der Waals surface area contributed by atoms with Crippen LogP contribution in [0, 0.1) is 6.92 Å². The number of aromatic nitrogens is 2. The lowest BCUT2D eigenvalue weighted by molar-refractivity contribution is 0.168. The first-order chi connectivity index (χ1) is 13.2. The zero-order valence-electron chi connectivity index (χ0n) is 16.1. The molecule has 2 aromatic heterocycles. The van der Waals surface area contributed by atoms with Gasteiger partial charge in [-0.3, -0.25) is 9.88 Å². The largest absolute Gasteiger partial charge is 0.490 e. The molecule has 0 radical (unpaired) electrons. The van der Waals surface area contributed by atoms with E-state index in [0.717, 1.165) is 62.4 Å². The number of guanidine groups is 1. The van der Waals surface area contributed by atoms with Gasteiger partial charge in [0.2, 0.25) is 0 Å². The lowest BCUT2D eigenvalue weighted by atomic mass is 10.3. The Morgan fingerprint density at radius 3 is 2.85 bits per heavy atom. The summed E-state index contributed by atoms with van der Waals surface area (Å²) < 4.78 is 10.8. The molecule has 0 atom stereocenters. The SMILES string of the molecule is CCNC(=NCCOc1cccnc1)N1CCN(Cc2cc(C)on2)CC1. The minimum Gasteiger partial charge on any atom is -0.490 e. The fourth-order valence-electron chi connectivity index (χ4n) is 3.01. The number of aryl methyl sites for hydroxylation is 1. The predicted octanol–water partition coefficient (Wildman–Crippen LogP) is 1.54. The van der Waals surface area contributed by atoms with E-state index < -0.39 is 0 Å². The van der Waals surface area contributed by atoms with Crippen LogP contribution in [0.1, 0.15) is 18.4 Å². The van der Waals surface area contributed by atoms with Gasteiger partial charge in [0.1, 0.15) is 18.1 Å². The van der Waals surface area contributed by atoms with Crippen molar-refractivity contribution >= 4 is 5.96 Å². The zero-order chi connectivity index (χ0) is 18.9. The highest BCUT2D eigenvalue weighted by atomic mass is 16.5. The summed E-state index contributed by atoms with van der Waals surface area (Å²) in [4.78, 5) is 13.4. The van der Waals surface area contributed by atoms with Crippen LogP contribution < -0.4 is 10.1 Å². The molecule has 3 heterocycles. The number of ether oxygens (including phenoxy) is 1. The molecule has 0 aliphatic carbocycles. The van der Waals surface area contributed by atoms with E-state index in [-0.39, 0.29) is 0 Å². The number of rotatable bonds is 7. The van der Waals surface area contributed by atoms with Gasteiger partial charge in [-0.15, -0.1) is 0 Å². The maximum atomic E-state index is 5.67. The van der Waals surface area contributed by atoms with Gasteiger partial charge in [0, 0.05) is 51.5 Å². The van der Waals surface area contributed by atoms with E-state index in [4.69, 9.17) is 14.3 Å². The molecule has 0 bridgehead atoms. The van der Waals surface area contributed by atoms with Crippen molar-refractivity contribution in [2.75, 3.05) is 45.9 Å². The van der Waals surface area contributed by atoms with Crippen molar-refractivity contribution in [2.24, 2.45) is 4.99 Å². The van der Waals surface area contributed by atoms with Crippen LogP contribution in [0.25, 0.3) is 0 Å². The fourth-order valence-corrected chi connectivity index (χ4v) is 3.01. The highest BCUT2D eigenvalue weighted by Crippen LogP contribution is 2.09. The minimum absolute atomic E-state index is 0.534. The van der Waals surface area contributed by atoms with Gasteiger partial charge in [-0.2, -0.15) is 0 Å². The molecule has 1 aliphatic rings. The van der Waals surface area contributed by atoms with Gasteiger partial charge in [-0.05, 0) is 26.0 Å². The summed E-state index contributed by atoms with van der Waals surface area (Å²) >= 11 is 0. The van der Waals surface area contributed by atoms with E-state index in [0.29, 0.717) is 13.2 Å². The molecule has 8 heteroatoms. The Bertz CT molecular complexity index is 710. The molecule has 2 aromatic rings. The average Bonchev–Trinajstić information content (AvgIpc) is 3.10. The Labute approximate surface area is 160 Å². The maximum absolute atomic E-state index is 5.67. The highest BCUT2D eigenvalue weighted by Gasteiger charge is 2.20. The number of piperazine rings is 1. The van der Waals surface area contributed by atoms with Crippen LogP contribution >= 0.6 is 0 Å². The van der Waals surface area contributed by atoms with Gasteiger partial charge in [-0.1, -0.05) is 5.16 Å². The van der Waals surface area contributed by atoms with Crippen molar-refractivity contribution < 1.29 is 9.26 Å². The van der Waals surface area contributed by atoms with Crippen molar-refractivity contribution in [2.45, 2.75) is 20.4 Å². The van der Waals surface area contributed by atoms with E-state index in [1.165, 1.54) is 0 Å². The summed E-state index contributed by atoms with van der Waals surface area (Å²) in [5.74, 6) is 2.58. The van der Waals surface area contributed by atoms with Gasteiger partial charge in [-0.25, -0.2) is 4.99 Å². The van der Waals surface area contributed by atoms with Gasteiger partial charge in [0.15, 0.2) is 5.96 Å². The second-order valence-electron chi connectivity index (χ2n) is 6.46. The Morgan fingerprint density at radius 1 is 1.33 bits per heavy atom. The quantitative estimate of drug-likeness (QED) is 0.449. The third-order valence-electron chi connectivity index (χ3n) is 4.33. The maximum Gasteiger partial charge on any atom is 0.194 e. The Kier molecular flexibility index (Phi) is 7.04. The van der Waals surface area contributed by atoms with Crippen molar-refractivity contribution in [3.63, 3.8) is 0 Å². The molecule has 3 rings (SSSR count). The van der Waals surface area contributed by atoms with E-state index in [9.17, 15) is 0 Å². The summed E-state index contributed by atoms with van der Waals surface area (Å²) in [5, 5.41) is 7.46. The second-order valence-corrected chi connectivity index (χ2v) is 6.46. The average molecular weight is 372 g/mol. The van der Waals surface area contributed by atoms with Gasteiger partial charge >= 0.3 is 0 Å². The Balaban J connectivity index is 1.45.